The van der Waals surface area contributed by atoms with Crippen molar-refractivity contribution >= 4 is 11.6 Å². The van der Waals surface area contributed by atoms with E-state index < -0.39 is 0 Å². The molecule has 0 bridgehead atoms. The number of hydrogen-bond acceptors (Lipinski definition) is 4. The molecule has 1 fully saturated rings. The predicted octanol–water partition coefficient (Wildman–Crippen LogP) is 3.48. The maximum Gasteiger partial charge on any atom is 0.253 e. The summed E-state index contributed by atoms with van der Waals surface area (Å²) in [4.78, 5) is 12.5. The molecule has 5 nitrogen and oxygen atoms in total. The third-order valence-electron chi connectivity index (χ3n) is 3.97. The van der Waals surface area contributed by atoms with Crippen LogP contribution in [0.5, 0.6) is 0 Å². The van der Waals surface area contributed by atoms with Crippen LogP contribution in [0.15, 0.2) is 36.0 Å². The van der Waals surface area contributed by atoms with Crippen molar-refractivity contribution in [3.63, 3.8) is 0 Å². The van der Waals surface area contributed by atoms with Gasteiger partial charge in [0.25, 0.3) is 5.91 Å². The van der Waals surface area contributed by atoms with Gasteiger partial charge in [0, 0.05) is 12.2 Å². The van der Waals surface area contributed by atoms with E-state index in [-0.39, 0.29) is 17.5 Å². The van der Waals surface area contributed by atoms with Gasteiger partial charge in [-0.1, -0.05) is 37.8 Å². The SMILES string of the molecule is N#CC(C#N)=CNc1ccccc1C(=O)NC1CCCCCC1. The van der Waals surface area contributed by atoms with Gasteiger partial charge in [0.1, 0.15) is 17.7 Å². The minimum absolute atomic E-state index is 0.0380. The molecule has 5 heteroatoms. The fourth-order valence-electron chi connectivity index (χ4n) is 2.73. The Bertz CT molecular complexity index is 642. The standard InChI is InChI=1S/C18H20N4O/c19-11-14(12-20)13-21-17-10-6-5-9-16(17)18(23)22-15-7-3-1-2-4-8-15/h5-6,9-10,13,15,21H,1-4,7-8H2,(H,22,23). The van der Waals surface area contributed by atoms with E-state index in [1.54, 1.807) is 36.4 Å². The van der Waals surface area contributed by atoms with Crippen molar-refractivity contribution in [1.29, 1.82) is 10.5 Å². The topological polar surface area (TPSA) is 88.7 Å². The van der Waals surface area contributed by atoms with Crippen LogP contribution in [-0.4, -0.2) is 11.9 Å². The quantitative estimate of drug-likeness (QED) is 0.658. The Morgan fingerprint density at radius 1 is 1.09 bits per heavy atom. The molecule has 0 radical (unpaired) electrons. The second-order valence-corrected chi connectivity index (χ2v) is 5.63. The average Bonchev–Trinajstić information content (AvgIpc) is 2.85. The normalized spacial score (nSPS) is 14.7. The zero-order chi connectivity index (χ0) is 16.5. The van der Waals surface area contributed by atoms with Gasteiger partial charge < -0.3 is 10.6 Å². The van der Waals surface area contributed by atoms with Gasteiger partial charge in [0.2, 0.25) is 0 Å². The summed E-state index contributed by atoms with van der Waals surface area (Å²) in [5.41, 5.74) is 1.06. The third kappa shape index (κ3) is 4.86. The average molecular weight is 308 g/mol. The Hall–Kier alpha value is -2.79. The van der Waals surface area contributed by atoms with Crippen molar-refractivity contribution in [2.45, 2.75) is 44.6 Å². The Morgan fingerprint density at radius 2 is 1.74 bits per heavy atom. The number of carbonyl (C=O) groups excluding carboxylic acids is 1. The minimum atomic E-state index is -0.121. The number of benzene rings is 1. The number of hydrogen-bond donors (Lipinski definition) is 2. The molecule has 0 aliphatic heterocycles. The summed E-state index contributed by atoms with van der Waals surface area (Å²) in [5, 5.41) is 23.5. The van der Waals surface area contributed by atoms with E-state index in [4.69, 9.17) is 10.5 Å². The number of anilines is 1. The molecule has 1 aliphatic rings. The molecular formula is C18H20N4O. The maximum absolute atomic E-state index is 12.5. The van der Waals surface area contributed by atoms with E-state index in [0.29, 0.717) is 11.3 Å². The van der Waals surface area contributed by atoms with E-state index in [1.807, 2.05) is 0 Å². The largest absolute Gasteiger partial charge is 0.359 e. The van der Waals surface area contributed by atoms with Gasteiger partial charge >= 0.3 is 0 Å². The summed E-state index contributed by atoms with van der Waals surface area (Å²) in [6.45, 7) is 0. The Balaban J connectivity index is 2.10. The number of nitrogens with one attached hydrogen (secondary N) is 2. The molecule has 0 spiro atoms. The zero-order valence-corrected chi connectivity index (χ0v) is 13.0. The summed E-state index contributed by atoms with van der Waals surface area (Å²) in [5.74, 6) is -0.121. The van der Waals surface area contributed by atoms with Crippen LogP contribution in [0.2, 0.25) is 0 Å². The van der Waals surface area contributed by atoms with Crippen LogP contribution in [-0.2, 0) is 0 Å². The fourth-order valence-corrected chi connectivity index (χ4v) is 2.73. The lowest BCUT2D eigenvalue weighted by Crippen LogP contribution is -2.34. The summed E-state index contributed by atoms with van der Waals surface area (Å²) in [6, 6.07) is 10.9. The van der Waals surface area contributed by atoms with E-state index in [2.05, 4.69) is 10.6 Å². The lowest BCUT2D eigenvalue weighted by Gasteiger charge is -2.17. The zero-order valence-electron chi connectivity index (χ0n) is 13.0. The molecule has 1 aromatic carbocycles. The molecule has 0 aromatic heterocycles. The lowest BCUT2D eigenvalue weighted by atomic mass is 10.1. The van der Waals surface area contributed by atoms with Gasteiger partial charge in [0.15, 0.2) is 0 Å². The molecule has 1 amide bonds. The molecule has 2 N–H and O–H groups in total. The molecule has 1 aromatic rings. The third-order valence-corrected chi connectivity index (χ3v) is 3.97. The molecule has 1 saturated carbocycles. The first-order chi connectivity index (χ1) is 11.2. The van der Waals surface area contributed by atoms with Gasteiger partial charge in [-0.3, -0.25) is 4.79 Å². The van der Waals surface area contributed by atoms with Crippen LogP contribution in [0.4, 0.5) is 5.69 Å². The molecule has 0 saturated heterocycles. The fraction of sp³-hybridized carbons (Fsp3) is 0.389. The Labute approximate surface area is 136 Å². The van der Waals surface area contributed by atoms with Crippen molar-refractivity contribution in [3.8, 4) is 12.1 Å². The van der Waals surface area contributed by atoms with Crippen LogP contribution in [0.25, 0.3) is 0 Å². The second-order valence-electron chi connectivity index (χ2n) is 5.63. The van der Waals surface area contributed by atoms with Crippen LogP contribution < -0.4 is 10.6 Å². The molecule has 1 aliphatic carbocycles. The number of nitrogens with zero attached hydrogens (tertiary/aromatic N) is 2. The van der Waals surface area contributed by atoms with Crippen molar-refractivity contribution in [1.82, 2.24) is 5.32 Å². The maximum atomic E-state index is 12.5. The van der Waals surface area contributed by atoms with Crippen molar-refractivity contribution in [3.05, 3.63) is 41.6 Å². The van der Waals surface area contributed by atoms with Crippen molar-refractivity contribution in [2.24, 2.45) is 0 Å². The summed E-state index contributed by atoms with van der Waals surface area (Å²) >= 11 is 0. The Kier molecular flexibility index (Phi) is 6.20. The van der Waals surface area contributed by atoms with Crippen molar-refractivity contribution < 1.29 is 4.79 Å². The lowest BCUT2D eigenvalue weighted by molar-refractivity contribution is 0.0934. The highest BCUT2D eigenvalue weighted by molar-refractivity contribution is 5.99. The predicted molar refractivity (Wildman–Crippen MR) is 88.3 cm³/mol. The summed E-state index contributed by atoms with van der Waals surface area (Å²) < 4.78 is 0. The van der Waals surface area contributed by atoms with Gasteiger partial charge in [-0.05, 0) is 25.0 Å². The minimum Gasteiger partial charge on any atom is -0.359 e. The first-order valence-corrected chi connectivity index (χ1v) is 7.91. The van der Waals surface area contributed by atoms with Crippen LogP contribution >= 0.6 is 0 Å². The summed E-state index contributed by atoms with van der Waals surface area (Å²) in [6.07, 6.45) is 8.14. The van der Waals surface area contributed by atoms with Crippen LogP contribution in [0.1, 0.15) is 48.9 Å². The van der Waals surface area contributed by atoms with Crippen LogP contribution in [0.3, 0.4) is 0 Å². The van der Waals surface area contributed by atoms with E-state index >= 15 is 0 Å². The van der Waals surface area contributed by atoms with E-state index in [9.17, 15) is 4.79 Å². The molecular weight excluding hydrogens is 288 g/mol. The molecule has 2 rings (SSSR count). The highest BCUT2D eigenvalue weighted by Gasteiger charge is 2.17. The van der Waals surface area contributed by atoms with Gasteiger partial charge in [0.05, 0.1) is 11.3 Å². The first-order valence-electron chi connectivity index (χ1n) is 7.91. The van der Waals surface area contributed by atoms with Crippen molar-refractivity contribution in [2.75, 3.05) is 5.32 Å². The number of para-hydroxylation sites is 1. The summed E-state index contributed by atoms with van der Waals surface area (Å²) in [7, 11) is 0. The first kappa shape index (κ1) is 16.6. The smallest absolute Gasteiger partial charge is 0.253 e. The number of amides is 1. The van der Waals surface area contributed by atoms with E-state index in [0.717, 1.165) is 25.7 Å². The number of allylic oxidation sites excluding steroid dienone is 1. The second kappa shape index (κ2) is 8.60. The number of rotatable bonds is 4. The van der Waals surface area contributed by atoms with Gasteiger partial charge in [-0.2, -0.15) is 10.5 Å². The van der Waals surface area contributed by atoms with Gasteiger partial charge in [-0.25, -0.2) is 0 Å². The van der Waals surface area contributed by atoms with Crippen LogP contribution in [0, 0.1) is 22.7 Å². The molecule has 0 unspecified atom stereocenters. The molecule has 118 valence electrons. The number of nitriles is 2. The number of carbonyl (C=O) groups is 1. The highest BCUT2D eigenvalue weighted by Crippen LogP contribution is 2.20. The monoisotopic (exact) mass is 308 g/mol. The molecule has 0 heterocycles. The van der Waals surface area contributed by atoms with Gasteiger partial charge in [-0.15, -0.1) is 0 Å². The van der Waals surface area contributed by atoms with E-state index in [1.165, 1.54) is 19.0 Å². The Morgan fingerprint density at radius 3 is 2.39 bits per heavy atom. The molecule has 23 heavy (non-hydrogen) atoms. The highest BCUT2D eigenvalue weighted by atomic mass is 16.1. The molecule has 0 atom stereocenters.